The summed E-state index contributed by atoms with van der Waals surface area (Å²) in [5, 5.41) is 0. The van der Waals surface area contributed by atoms with Crippen LogP contribution in [0.15, 0.2) is 0 Å². The molecule has 1 aliphatic carbocycles. The summed E-state index contributed by atoms with van der Waals surface area (Å²) in [5.41, 5.74) is 0. The van der Waals surface area contributed by atoms with Gasteiger partial charge in [-0.25, -0.2) is 8.78 Å². The summed E-state index contributed by atoms with van der Waals surface area (Å²) >= 11 is 0. The maximum Gasteiger partial charge on any atom is 0.261 e. The van der Waals surface area contributed by atoms with Gasteiger partial charge < -0.3 is 4.74 Å². The van der Waals surface area contributed by atoms with Crippen molar-refractivity contribution in [3.63, 3.8) is 0 Å². The van der Waals surface area contributed by atoms with Gasteiger partial charge in [-0.3, -0.25) is 0 Å². The minimum absolute atomic E-state index is 0.0824. The van der Waals surface area contributed by atoms with Crippen LogP contribution in [0.2, 0.25) is 0 Å². The van der Waals surface area contributed by atoms with E-state index < -0.39 is 13.0 Å². The molecule has 0 N–H and O–H groups in total. The van der Waals surface area contributed by atoms with Gasteiger partial charge in [0.05, 0.1) is 6.10 Å². The van der Waals surface area contributed by atoms with Gasteiger partial charge in [-0.05, 0) is 37.5 Å². The highest BCUT2D eigenvalue weighted by molar-refractivity contribution is 4.74. The van der Waals surface area contributed by atoms with Crippen molar-refractivity contribution in [2.75, 3.05) is 6.61 Å². The quantitative estimate of drug-likeness (QED) is 0.684. The van der Waals surface area contributed by atoms with Crippen LogP contribution in [0.5, 0.6) is 0 Å². The summed E-state index contributed by atoms with van der Waals surface area (Å²) in [6.07, 6.45) is 1.93. The molecule has 3 heteroatoms. The molecular weight excluding hydrogens is 186 g/mol. The fourth-order valence-corrected chi connectivity index (χ4v) is 2.13. The summed E-state index contributed by atoms with van der Waals surface area (Å²) in [6, 6.07) is 0. The Morgan fingerprint density at radius 3 is 2.14 bits per heavy atom. The molecule has 1 fully saturated rings. The summed E-state index contributed by atoms with van der Waals surface area (Å²) in [7, 11) is 0. The first-order valence-corrected chi connectivity index (χ1v) is 5.49. The van der Waals surface area contributed by atoms with Gasteiger partial charge in [-0.1, -0.05) is 13.8 Å². The van der Waals surface area contributed by atoms with Crippen molar-refractivity contribution in [1.82, 2.24) is 0 Å². The third-order valence-electron chi connectivity index (χ3n) is 3.12. The van der Waals surface area contributed by atoms with Crippen LogP contribution >= 0.6 is 0 Å². The SMILES string of the molecule is CC(C)C1CCC(OCC(F)F)CC1. The molecule has 1 rings (SSSR count). The molecule has 0 aromatic rings. The van der Waals surface area contributed by atoms with Gasteiger partial charge in [0, 0.05) is 0 Å². The van der Waals surface area contributed by atoms with Gasteiger partial charge >= 0.3 is 0 Å². The van der Waals surface area contributed by atoms with Gasteiger partial charge in [0.1, 0.15) is 6.61 Å². The molecule has 1 aliphatic rings. The molecule has 0 bridgehead atoms. The van der Waals surface area contributed by atoms with Crippen molar-refractivity contribution in [3.05, 3.63) is 0 Å². The van der Waals surface area contributed by atoms with E-state index in [1.54, 1.807) is 0 Å². The second-order valence-electron chi connectivity index (χ2n) is 4.51. The zero-order valence-electron chi connectivity index (χ0n) is 9.01. The largest absolute Gasteiger partial charge is 0.372 e. The molecule has 1 saturated carbocycles. The molecule has 0 radical (unpaired) electrons. The predicted octanol–water partition coefficient (Wildman–Crippen LogP) is 3.48. The number of halogens is 2. The molecule has 0 aliphatic heterocycles. The van der Waals surface area contributed by atoms with Crippen LogP contribution in [0, 0.1) is 11.8 Å². The van der Waals surface area contributed by atoms with Crippen molar-refractivity contribution in [2.45, 2.75) is 52.1 Å². The summed E-state index contributed by atoms with van der Waals surface area (Å²) in [5.74, 6) is 1.48. The average molecular weight is 206 g/mol. The van der Waals surface area contributed by atoms with Gasteiger partial charge in [0.15, 0.2) is 0 Å². The van der Waals surface area contributed by atoms with Crippen molar-refractivity contribution in [2.24, 2.45) is 11.8 Å². The lowest BCUT2D eigenvalue weighted by Crippen LogP contribution is -2.25. The second kappa shape index (κ2) is 5.64. The van der Waals surface area contributed by atoms with Crippen LogP contribution in [0.3, 0.4) is 0 Å². The van der Waals surface area contributed by atoms with E-state index in [0.29, 0.717) is 5.92 Å². The van der Waals surface area contributed by atoms with Gasteiger partial charge in [0.2, 0.25) is 0 Å². The van der Waals surface area contributed by atoms with E-state index in [1.165, 1.54) is 0 Å². The molecule has 84 valence electrons. The van der Waals surface area contributed by atoms with Crippen molar-refractivity contribution in [1.29, 1.82) is 0 Å². The zero-order chi connectivity index (χ0) is 10.6. The molecule has 0 atom stereocenters. The molecule has 14 heavy (non-hydrogen) atoms. The van der Waals surface area contributed by atoms with E-state index in [4.69, 9.17) is 4.74 Å². The minimum atomic E-state index is -2.32. The standard InChI is InChI=1S/C11H20F2O/c1-8(2)9-3-5-10(6-4-9)14-7-11(12)13/h8-11H,3-7H2,1-2H3. The van der Waals surface area contributed by atoms with Crippen LogP contribution in [0.25, 0.3) is 0 Å². The molecule has 0 unspecified atom stereocenters. The molecule has 1 nitrogen and oxygen atoms in total. The Bertz CT molecular complexity index is 151. The minimum Gasteiger partial charge on any atom is -0.372 e. The number of alkyl halides is 2. The molecule has 0 aromatic heterocycles. The normalized spacial score (nSPS) is 28.7. The van der Waals surface area contributed by atoms with Gasteiger partial charge in [0.25, 0.3) is 6.43 Å². The van der Waals surface area contributed by atoms with Crippen molar-refractivity contribution < 1.29 is 13.5 Å². The number of hydrogen-bond donors (Lipinski definition) is 0. The topological polar surface area (TPSA) is 9.23 Å². The van der Waals surface area contributed by atoms with Crippen LogP contribution in [0.1, 0.15) is 39.5 Å². The van der Waals surface area contributed by atoms with Gasteiger partial charge in [-0.15, -0.1) is 0 Å². The van der Waals surface area contributed by atoms with Crippen LogP contribution in [-0.4, -0.2) is 19.1 Å². The highest BCUT2D eigenvalue weighted by atomic mass is 19.3. The molecular formula is C11H20F2O. The Kier molecular flexibility index (Phi) is 4.79. The maximum atomic E-state index is 11.9. The fraction of sp³-hybridized carbons (Fsp3) is 1.00. The van der Waals surface area contributed by atoms with E-state index in [0.717, 1.165) is 31.6 Å². The first-order chi connectivity index (χ1) is 6.59. The highest BCUT2D eigenvalue weighted by Crippen LogP contribution is 2.31. The molecule has 0 aromatic carbocycles. The lowest BCUT2D eigenvalue weighted by Gasteiger charge is -2.30. The van der Waals surface area contributed by atoms with E-state index in [9.17, 15) is 8.78 Å². The zero-order valence-corrected chi connectivity index (χ0v) is 9.01. The van der Waals surface area contributed by atoms with E-state index in [1.807, 2.05) is 0 Å². The fourth-order valence-electron chi connectivity index (χ4n) is 2.13. The maximum absolute atomic E-state index is 11.9. The van der Waals surface area contributed by atoms with Crippen molar-refractivity contribution >= 4 is 0 Å². The number of rotatable bonds is 4. The van der Waals surface area contributed by atoms with Crippen LogP contribution in [-0.2, 0) is 4.74 Å². The van der Waals surface area contributed by atoms with E-state index in [2.05, 4.69) is 13.8 Å². The first kappa shape index (κ1) is 11.9. The monoisotopic (exact) mass is 206 g/mol. The molecule has 0 heterocycles. The smallest absolute Gasteiger partial charge is 0.261 e. The Morgan fingerprint density at radius 1 is 1.14 bits per heavy atom. The Labute approximate surface area is 84.8 Å². The van der Waals surface area contributed by atoms with Gasteiger partial charge in [-0.2, -0.15) is 0 Å². The molecule has 0 spiro atoms. The van der Waals surface area contributed by atoms with Crippen molar-refractivity contribution in [3.8, 4) is 0 Å². The Balaban J connectivity index is 2.16. The number of hydrogen-bond acceptors (Lipinski definition) is 1. The summed E-state index contributed by atoms with van der Waals surface area (Å²) in [4.78, 5) is 0. The van der Waals surface area contributed by atoms with Crippen LogP contribution < -0.4 is 0 Å². The van der Waals surface area contributed by atoms with E-state index in [-0.39, 0.29) is 6.10 Å². The summed E-state index contributed by atoms with van der Waals surface area (Å²) < 4.78 is 28.9. The van der Waals surface area contributed by atoms with E-state index >= 15 is 0 Å². The summed E-state index contributed by atoms with van der Waals surface area (Å²) in [6.45, 7) is 4.06. The third kappa shape index (κ3) is 3.91. The second-order valence-corrected chi connectivity index (χ2v) is 4.51. The molecule has 0 saturated heterocycles. The Morgan fingerprint density at radius 2 is 1.71 bits per heavy atom. The van der Waals surface area contributed by atoms with Crippen LogP contribution in [0.4, 0.5) is 8.78 Å². The lowest BCUT2D eigenvalue weighted by atomic mass is 9.80. The predicted molar refractivity (Wildman–Crippen MR) is 52.5 cm³/mol. The first-order valence-electron chi connectivity index (χ1n) is 5.49. The molecule has 0 amide bonds. The average Bonchev–Trinajstić information content (AvgIpc) is 2.15. The highest BCUT2D eigenvalue weighted by Gasteiger charge is 2.24. The number of ether oxygens (including phenoxy) is 1. The lowest BCUT2D eigenvalue weighted by molar-refractivity contribution is -0.0437. The Hall–Kier alpha value is -0.180. The third-order valence-corrected chi connectivity index (χ3v) is 3.12.